The molecule has 1 atom stereocenters. The van der Waals surface area contributed by atoms with E-state index in [9.17, 15) is 22.8 Å². The lowest BCUT2D eigenvalue weighted by Crippen LogP contribution is -2.42. The first-order valence-electron chi connectivity index (χ1n) is 5.72. The number of carboxylic acids is 1. The number of nitrogens with one attached hydrogen (secondary N) is 2. The van der Waals surface area contributed by atoms with Crippen LogP contribution in [0.1, 0.15) is 18.9 Å². The fourth-order valence-corrected chi connectivity index (χ4v) is 1.49. The van der Waals surface area contributed by atoms with Crippen molar-refractivity contribution >= 4 is 17.7 Å². The Labute approximate surface area is 112 Å². The Morgan fingerprint density at radius 1 is 1.30 bits per heavy atom. The summed E-state index contributed by atoms with van der Waals surface area (Å²) in [4.78, 5) is 22.2. The molecule has 110 valence electrons. The number of carbonyl (C=O) groups is 2. The van der Waals surface area contributed by atoms with E-state index < -0.39 is 35.5 Å². The van der Waals surface area contributed by atoms with Crippen molar-refractivity contribution < 1.29 is 27.9 Å². The molecule has 0 saturated heterocycles. The molecule has 0 unspecified atom stereocenters. The largest absolute Gasteiger partial charge is 0.480 e. The van der Waals surface area contributed by atoms with Crippen LogP contribution in [0.5, 0.6) is 0 Å². The SMILES string of the molecule is CC[C@H](NC(=O)Nc1ccccc1C(F)(F)F)C(=O)O. The highest BCUT2D eigenvalue weighted by Gasteiger charge is 2.33. The number of amides is 2. The van der Waals surface area contributed by atoms with E-state index >= 15 is 0 Å². The van der Waals surface area contributed by atoms with Crippen LogP contribution in [0, 0.1) is 0 Å². The van der Waals surface area contributed by atoms with Crippen molar-refractivity contribution in [3.63, 3.8) is 0 Å². The second kappa shape index (κ2) is 6.27. The molecular weight excluding hydrogens is 277 g/mol. The van der Waals surface area contributed by atoms with Crippen molar-refractivity contribution in [3.8, 4) is 0 Å². The summed E-state index contributed by atoms with van der Waals surface area (Å²) in [5.74, 6) is -1.26. The lowest BCUT2D eigenvalue weighted by molar-refractivity contribution is -0.139. The number of para-hydroxylation sites is 1. The van der Waals surface area contributed by atoms with Crippen LogP contribution in [0.15, 0.2) is 24.3 Å². The second-order valence-electron chi connectivity index (χ2n) is 3.94. The van der Waals surface area contributed by atoms with Crippen LogP contribution in [-0.2, 0) is 11.0 Å². The fraction of sp³-hybridized carbons (Fsp3) is 0.333. The third-order valence-corrected chi connectivity index (χ3v) is 2.49. The Balaban J connectivity index is 2.84. The van der Waals surface area contributed by atoms with Gasteiger partial charge in [-0.25, -0.2) is 9.59 Å². The van der Waals surface area contributed by atoms with Gasteiger partial charge < -0.3 is 15.7 Å². The third kappa shape index (κ3) is 4.15. The molecule has 0 spiro atoms. The minimum atomic E-state index is -4.61. The maximum atomic E-state index is 12.7. The van der Waals surface area contributed by atoms with Crippen molar-refractivity contribution in [2.45, 2.75) is 25.6 Å². The molecule has 1 aromatic carbocycles. The number of carbonyl (C=O) groups excluding carboxylic acids is 1. The van der Waals surface area contributed by atoms with Crippen molar-refractivity contribution in [2.24, 2.45) is 0 Å². The minimum Gasteiger partial charge on any atom is -0.480 e. The van der Waals surface area contributed by atoms with E-state index in [4.69, 9.17) is 5.11 Å². The van der Waals surface area contributed by atoms with E-state index in [1.165, 1.54) is 19.1 Å². The molecule has 0 aliphatic carbocycles. The number of anilines is 1. The first-order chi connectivity index (χ1) is 9.25. The highest BCUT2D eigenvalue weighted by atomic mass is 19.4. The van der Waals surface area contributed by atoms with Crippen molar-refractivity contribution in [1.29, 1.82) is 0 Å². The topological polar surface area (TPSA) is 78.4 Å². The zero-order valence-electron chi connectivity index (χ0n) is 10.5. The van der Waals surface area contributed by atoms with E-state index in [-0.39, 0.29) is 6.42 Å². The Hall–Kier alpha value is -2.25. The number of urea groups is 1. The summed E-state index contributed by atoms with van der Waals surface area (Å²) in [6.45, 7) is 1.53. The van der Waals surface area contributed by atoms with Crippen LogP contribution in [0.25, 0.3) is 0 Å². The maximum Gasteiger partial charge on any atom is 0.418 e. The molecule has 1 rings (SSSR count). The summed E-state index contributed by atoms with van der Waals surface area (Å²) in [6, 6.07) is 2.27. The molecule has 1 aromatic rings. The van der Waals surface area contributed by atoms with E-state index in [0.29, 0.717) is 0 Å². The van der Waals surface area contributed by atoms with Crippen LogP contribution in [0.2, 0.25) is 0 Å². The molecule has 0 aliphatic heterocycles. The smallest absolute Gasteiger partial charge is 0.418 e. The van der Waals surface area contributed by atoms with Gasteiger partial charge in [0.2, 0.25) is 0 Å². The van der Waals surface area contributed by atoms with Crippen molar-refractivity contribution in [1.82, 2.24) is 5.32 Å². The average Bonchev–Trinajstić information content (AvgIpc) is 2.35. The molecule has 0 fully saturated rings. The van der Waals surface area contributed by atoms with Gasteiger partial charge >= 0.3 is 18.2 Å². The molecule has 2 amide bonds. The van der Waals surface area contributed by atoms with Gasteiger partial charge in [-0.05, 0) is 18.6 Å². The third-order valence-electron chi connectivity index (χ3n) is 2.49. The normalized spacial score (nSPS) is 12.6. The second-order valence-corrected chi connectivity index (χ2v) is 3.94. The van der Waals surface area contributed by atoms with Crippen molar-refractivity contribution in [3.05, 3.63) is 29.8 Å². The van der Waals surface area contributed by atoms with Gasteiger partial charge in [-0.1, -0.05) is 19.1 Å². The van der Waals surface area contributed by atoms with Crippen LogP contribution >= 0.6 is 0 Å². The van der Waals surface area contributed by atoms with Gasteiger partial charge in [-0.15, -0.1) is 0 Å². The molecule has 20 heavy (non-hydrogen) atoms. The Morgan fingerprint density at radius 3 is 2.40 bits per heavy atom. The molecule has 0 bridgehead atoms. The van der Waals surface area contributed by atoms with Crippen LogP contribution in [0.4, 0.5) is 23.7 Å². The lowest BCUT2D eigenvalue weighted by atomic mass is 10.1. The number of aliphatic carboxylic acids is 1. The number of rotatable bonds is 4. The van der Waals surface area contributed by atoms with Gasteiger partial charge in [0.25, 0.3) is 0 Å². The van der Waals surface area contributed by atoms with E-state index in [2.05, 4.69) is 5.32 Å². The molecular formula is C12H13F3N2O3. The summed E-state index contributed by atoms with van der Waals surface area (Å²) in [5, 5.41) is 12.8. The predicted octanol–water partition coefficient (Wildman–Crippen LogP) is 2.69. The quantitative estimate of drug-likeness (QED) is 0.797. The number of benzene rings is 1. The standard InChI is InChI=1S/C12H13F3N2O3/c1-2-8(10(18)19)16-11(20)17-9-6-4-3-5-7(9)12(13,14)15/h3-6,8H,2H2,1H3,(H,18,19)(H2,16,17,20)/t8-/m0/s1. The maximum absolute atomic E-state index is 12.7. The highest BCUT2D eigenvalue weighted by molar-refractivity contribution is 5.92. The summed E-state index contributed by atoms with van der Waals surface area (Å²) >= 11 is 0. The summed E-state index contributed by atoms with van der Waals surface area (Å²) in [7, 11) is 0. The molecule has 0 heterocycles. The number of hydrogen-bond donors (Lipinski definition) is 3. The lowest BCUT2D eigenvalue weighted by Gasteiger charge is -2.16. The van der Waals surface area contributed by atoms with E-state index in [1.54, 1.807) is 0 Å². The first kappa shape index (κ1) is 15.8. The van der Waals surface area contributed by atoms with Gasteiger partial charge in [0, 0.05) is 0 Å². The minimum absolute atomic E-state index is 0.115. The Bertz CT molecular complexity index is 503. The number of hydrogen-bond acceptors (Lipinski definition) is 2. The summed E-state index contributed by atoms with van der Waals surface area (Å²) in [5.41, 5.74) is -1.43. The number of carboxylic acid groups (broad SMARTS) is 1. The van der Waals surface area contributed by atoms with Gasteiger partial charge in [-0.2, -0.15) is 13.2 Å². The molecule has 0 saturated carbocycles. The fourth-order valence-electron chi connectivity index (χ4n) is 1.49. The molecule has 0 radical (unpaired) electrons. The predicted molar refractivity (Wildman–Crippen MR) is 65.3 cm³/mol. The van der Waals surface area contributed by atoms with Gasteiger partial charge in [0.15, 0.2) is 0 Å². The average molecular weight is 290 g/mol. The molecule has 8 heteroatoms. The number of alkyl halides is 3. The zero-order chi connectivity index (χ0) is 15.3. The molecule has 5 nitrogen and oxygen atoms in total. The van der Waals surface area contributed by atoms with Crippen LogP contribution < -0.4 is 10.6 Å². The van der Waals surface area contributed by atoms with E-state index in [0.717, 1.165) is 12.1 Å². The highest BCUT2D eigenvalue weighted by Crippen LogP contribution is 2.34. The Morgan fingerprint density at radius 2 is 1.90 bits per heavy atom. The Kier molecular flexibility index (Phi) is 4.95. The molecule has 0 aliphatic rings. The first-order valence-corrected chi connectivity index (χ1v) is 5.72. The summed E-state index contributed by atoms with van der Waals surface area (Å²) < 4.78 is 38.1. The zero-order valence-corrected chi connectivity index (χ0v) is 10.5. The molecule has 3 N–H and O–H groups in total. The van der Waals surface area contributed by atoms with Crippen molar-refractivity contribution in [2.75, 3.05) is 5.32 Å². The summed E-state index contributed by atoms with van der Waals surface area (Å²) in [6.07, 6.45) is -4.50. The number of halogens is 3. The van der Waals surface area contributed by atoms with Gasteiger partial charge in [0.1, 0.15) is 6.04 Å². The molecule has 0 aromatic heterocycles. The van der Waals surface area contributed by atoms with Gasteiger partial charge in [-0.3, -0.25) is 0 Å². The van der Waals surface area contributed by atoms with Crippen LogP contribution in [0.3, 0.4) is 0 Å². The van der Waals surface area contributed by atoms with E-state index in [1.807, 2.05) is 5.32 Å². The van der Waals surface area contributed by atoms with Gasteiger partial charge in [0.05, 0.1) is 11.3 Å². The van der Waals surface area contributed by atoms with Crippen LogP contribution in [-0.4, -0.2) is 23.1 Å². The monoisotopic (exact) mass is 290 g/mol.